The monoisotopic (exact) mass is 257 g/mol. The minimum Gasteiger partial charge on any atom is -0.350 e. The summed E-state index contributed by atoms with van der Waals surface area (Å²) in [5, 5.41) is 3.82. The molecule has 1 atom stereocenters. The van der Waals surface area contributed by atoms with Crippen LogP contribution >= 0.6 is 0 Å². The number of nitrogens with one attached hydrogen (secondary N) is 1. The molecule has 0 aliphatic rings. The van der Waals surface area contributed by atoms with Crippen LogP contribution in [-0.4, -0.2) is 23.5 Å². The van der Waals surface area contributed by atoms with Crippen molar-refractivity contribution < 1.29 is 4.79 Å². The molecule has 1 unspecified atom stereocenters. The van der Waals surface area contributed by atoms with Crippen molar-refractivity contribution in [1.82, 2.24) is 10.3 Å². The summed E-state index contributed by atoms with van der Waals surface area (Å²) in [6, 6.07) is 9.26. The normalized spacial score (nSPS) is 12.6. The van der Waals surface area contributed by atoms with E-state index < -0.39 is 0 Å². The molecule has 2 aromatic rings. The molecule has 3 N–H and O–H groups in total. The first kappa shape index (κ1) is 13.5. The number of aromatic nitrogens is 1. The van der Waals surface area contributed by atoms with Crippen LogP contribution in [0.2, 0.25) is 0 Å². The fourth-order valence-corrected chi connectivity index (χ4v) is 1.77. The third-order valence-corrected chi connectivity index (χ3v) is 3.22. The van der Waals surface area contributed by atoms with Crippen molar-refractivity contribution in [3.05, 3.63) is 42.1 Å². The Morgan fingerprint density at radius 3 is 2.89 bits per heavy atom. The van der Waals surface area contributed by atoms with E-state index in [0.717, 1.165) is 10.9 Å². The van der Waals surface area contributed by atoms with Crippen molar-refractivity contribution >= 4 is 16.8 Å². The number of rotatable bonds is 4. The second kappa shape index (κ2) is 5.80. The Kier molecular flexibility index (Phi) is 4.12. The van der Waals surface area contributed by atoms with Crippen molar-refractivity contribution in [2.45, 2.75) is 19.9 Å². The van der Waals surface area contributed by atoms with Gasteiger partial charge in [-0.1, -0.05) is 19.9 Å². The molecule has 2 rings (SSSR count). The van der Waals surface area contributed by atoms with E-state index in [1.165, 1.54) is 0 Å². The van der Waals surface area contributed by atoms with Gasteiger partial charge in [0.1, 0.15) is 0 Å². The van der Waals surface area contributed by atoms with E-state index in [-0.39, 0.29) is 11.9 Å². The van der Waals surface area contributed by atoms with E-state index in [0.29, 0.717) is 18.0 Å². The van der Waals surface area contributed by atoms with E-state index >= 15 is 0 Å². The van der Waals surface area contributed by atoms with Crippen LogP contribution in [0, 0.1) is 5.92 Å². The zero-order valence-electron chi connectivity index (χ0n) is 11.3. The van der Waals surface area contributed by atoms with E-state index in [9.17, 15) is 4.79 Å². The number of nitrogens with zero attached hydrogens (tertiary/aromatic N) is 1. The molecule has 1 heterocycles. The Balaban J connectivity index is 2.09. The molecular weight excluding hydrogens is 238 g/mol. The van der Waals surface area contributed by atoms with Gasteiger partial charge < -0.3 is 11.1 Å². The lowest BCUT2D eigenvalue weighted by Gasteiger charge is -2.16. The number of carbonyl (C=O) groups is 1. The van der Waals surface area contributed by atoms with Crippen LogP contribution < -0.4 is 11.1 Å². The first-order valence-electron chi connectivity index (χ1n) is 6.46. The predicted octanol–water partition coefficient (Wildman–Crippen LogP) is 1.95. The second-order valence-corrected chi connectivity index (χ2v) is 5.03. The van der Waals surface area contributed by atoms with Gasteiger partial charge in [-0.25, -0.2) is 0 Å². The Labute approximate surface area is 113 Å². The molecule has 4 nitrogen and oxygen atoms in total. The van der Waals surface area contributed by atoms with Gasteiger partial charge in [-0.15, -0.1) is 0 Å². The molecule has 1 aromatic carbocycles. The van der Waals surface area contributed by atoms with Crippen molar-refractivity contribution in [2.75, 3.05) is 6.54 Å². The van der Waals surface area contributed by atoms with Crippen molar-refractivity contribution in [3.63, 3.8) is 0 Å². The molecule has 0 bridgehead atoms. The summed E-state index contributed by atoms with van der Waals surface area (Å²) >= 11 is 0. The predicted molar refractivity (Wildman–Crippen MR) is 76.9 cm³/mol. The highest BCUT2D eigenvalue weighted by Gasteiger charge is 2.11. The number of benzene rings is 1. The Hall–Kier alpha value is -1.94. The standard InChI is InChI=1S/C15H19N3O/c1-10(2)13(16)9-18-15(19)12-5-6-14-11(8-12)4-3-7-17-14/h3-8,10,13H,9,16H2,1-2H3,(H,18,19). The Bertz CT molecular complexity index is 580. The molecule has 0 spiro atoms. The third-order valence-electron chi connectivity index (χ3n) is 3.22. The first-order valence-corrected chi connectivity index (χ1v) is 6.46. The molecule has 0 aliphatic heterocycles. The molecule has 0 radical (unpaired) electrons. The van der Waals surface area contributed by atoms with Gasteiger partial charge in [-0.2, -0.15) is 0 Å². The summed E-state index contributed by atoms with van der Waals surface area (Å²) in [7, 11) is 0. The van der Waals surface area contributed by atoms with Gasteiger partial charge in [0.2, 0.25) is 0 Å². The Morgan fingerprint density at radius 1 is 1.37 bits per heavy atom. The number of pyridine rings is 1. The fraction of sp³-hybridized carbons (Fsp3) is 0.333. The SMILES string of the molecule is CC(C)C(N)CNC(=O)c1ccc2ncccc2c1. The third kappa shape index (κ3) is 3.29. The van der Waals surface area contributed by atoms with Crippen molar-refractivity contribution in [3.8, 4) is 0 Å². The number of hydrogen-bond acceptors (Lipinski definition) is 3. The van der Waals surface area contributed by atoms with Crippen LogP contribution in [0.15, 0.2) is 36.5 Å². The van der Waals surface area contributed by atoms with Gasteiger partial charge in [0.25, 0.3) is 5.91 Å². The maximum atomic E-state index is 12.0. The topological polar surface area (TPSA) is 68.0 Å². The maximum Gasteiger partial charge on any atom is 0.251 e. The molecule has 0 fully saturated rings. The average Bonchev–Trinajstić information content (AvgIpc) is 2.43. The minimum atomic E-state index is -0.0955. The molecule has 1 amide bonds. The van der Waals surface area contributed by atoms with Crippen LogP contribution in [0.1, 0.15) is 24.2 Å². The molecule has 0 saturated heterocycles. The smallest absolute Gasteiger partial charge is 0.251 e. The lowest BCUT2D eigenvalue weighted by Crippen LogP contribution is -2.40. The number of amides is 1. The summed E-state index contributed by atoms with van der Waals surface area (Å²) in [6.07, 6.45) is 1.74. The molecule has 100 valence electrons. The Morgan fingerprint density at radius 2 is 2.16 bits per heavy atom. The van der Waals surface area contributed by atoms with Crippen LogP contribution in [-0.2, 0) is 0 Å². The van der Waals surface area contributed by atoms with E-state index in [2.05, 4.69) is 10.3 Å². The molecule has 1 aromatic heterocycles. The largest absolute Gasteiger partial charge is 0.350 e. The number of hydrogen-bond donors (Lipinski definition) is 2. The first-order chi connectivity index (χ1) is 9.08. The molecule has 0 aliphatic carbocycles. The van der Waals surface area contributed by atoms with E-state index in [1.54, 1.807) is 12.3 Å². The lowest BCUT2D eigenvalue weighted by atomic mass is 10.1. The quantitative estimate of drug-likeness (QED) is 0.879. The van der Waals surface area contributed by atoms with Crippen LogP contribution in [0.25, 0.3) is 10.9 Å². The minimum absolute atomic E-state index is 0.0222. The van der Waals surface area contributed by atoms with Crippen LogP contribution in [0.5, 0.6) is 0 Å². The molecule has 19 heavy (non-hydrogen) atoms. The fourth-order valence-electron chi connectivity index (χ4n) is 1.77. The molecule has 0 saturated carbocycles. The summed E-state index contributed by atoms with van der Waals surface area (Å²) < 4.78 is 0. The van der Waals surface area contributed by atoms with Crippen molar-refractivity contribution in [1.29, 1.82) is 0 Å². The number of fused-ring (bicyclic) bond motifs is 1. The molecule has 4 heteroatoms. The summed E-state index contributed by atoms with van der Waals surface area (Å²) in [4.78, 5) is 16.3. The highest BCUT2D eigenvalue weighted by atomic mass is 16.1. The zero-order valence-corrected chi connectivity index (χ0v) is 11.3. The average molecular weight is 257 g/mol. The van der Waals surface area contributed by atoms with Crippen LogP contribution in [0.3, 0.4) is 0 Å². The zero-order chi connectivity index (χ0) is 13.8. The lowest BCUT2D eigenvalue weighted by molar-refractivity contribution is 0.0949. The molecular formula is C15H19N3O. The number of nitrogens with two attached hydrogens (primary N) is 1. The summed E-state index contributed by atoms with van der Waals surface area (Å²) in [5.41, 5.74) is 7.43. The van der Waals surface area contributed by atoms with Gasteiger partial charge in [-0.05, 0) is 30.2 Å². The van der Waals surface area contributed by atoms with Gasteiger partial charge in [0.15, 0.2) is 0 Å². The highest BCUT2D eigenvalue weighted by Crippen LogP contribution is 2.13. The maximum absolute atomic E-state index is 12.0. The van der Waals surface area contributed by atoms with Gasteiger partial charge in [0, 0.05) is 29.7 Å². The summed E-state index contributed by atoms with van der Waals surface area (Å²) in [5.74, 6) is 0.253. The van der Waals surface area contributed by atoms with E-state index in [1.807, 2.05) is 38.1 Å². The number of carbonyl (C=O) groups excluding carboxylic acids is 1. The summed E-state index contributed by atoms with van der Waals surface area (Å²) in [6.45, 7) is 4.57. The second-order valence-electron chi connectivity index (χ2n) is 5.03. The van der Waals surface area contributed by atoms with Gasteiger partial charge in [0.05, 0.1) is 5.52 Å². The van der Waals surface area contributed by atoms with Gasteiger partial charge in [-0.3, -0.25) is 9.78 Å². The van der Waals surface area contributed by atoms with Gasteiger partial charge >= 0.3 is 0 Å². The van der Waals surface area contributed by atoms with E-state index in [4.69, 9.17) is 5.73 Å². The van der Waals surface area contributed by atoms with Crippen LogP contribution in [0.4, 0.5) is 0 Å². The van der Waals surface area contributed by atoms with Crippen molar-refractivity contribution in [2.24, 2.45) is 11.7 Å². The highest BCUT2D eigenvalue weighted by molar-refractivity contribution is 5.97.